The summed E-state index contributed by atoms with van der Waals surface area (Å²) in [5.74, 6) is -0.559. The Hall–Kier alpha value is -1.22. The van der Waals surface area contributed by atoms with Crippen LogP contribution in [0.5, 0.6) is 0 Å². The van der Waals surface area contributed by atoms with Crippen LogP contribution in [-0.2, 0) is 17.8 Å². The van der Waals surface area contributed by atoms with Crippen LogP contribution in [0.1, 0.15) is 42.5 Å². The van der Waals surface area contributed by atoms with E-state index in [2.05, 4.69) is 9.82 Å². The number of nitrogens with one attached hydrogen (secondary N) is 1. The Morgan fingerprint density at radius 2 is 1.97 bits per heavy atom. The molecular formula is C22H18Cl4FN3OS2. The fourth-order valence-corrected chi connectivity index (χ4v) is 6.44. The summed E-state index contributed by atoms with van der Waals surface area (Å²) in [7, 11) is 0. The number of rotatable bonds is 7. The number of benzene rings is 1. The molecule has 0 bridgehead atoms. The minimum absolute atomic E-state index is 0.0139. The summed E-state index contributed by atoms with van der Waals surface area (Å²) in [6.45, 7) is 0.408. The fourth-order valence-electron chi connectivity index (χ4n) is 3.64. The standard InChI is InChI=1S/C22H18Cl4FN3OS2/c23-14-5-4-13(16(24)8-14)11-30-21-12(10-28-30)2-1-3-15(21)18(27)6-7-19(31)29-33-20-9-17(25)22(26)32-20/h4-5,8-10H,1-3,6-7,11H2,(H,29,31)/b18-15-. The van der Waals surface area contributed by atoms with E-state index >= 15 is 4.39 Å². The van der Waals surface area contributed by atoms with Crippen LogP contribution in [0, 0.1) is 0 Å². The Balaban J connectivity index is 1.45. The summed E-state index contributed by atoms with van der Waals surface area (Å²) in [5, 5.41) is 6.01. The Bertz CT molecular complexity index is 1200. The third-order valence-electron chi connectivity index (χ3n) is 5.20. The van der Waals surface area contributed by atoms with Crippen LogP contribution in [0.4, 0.5) is 4.39 Å². The van der Waals surface area contributed by atoms with Gasteiger partial charge in [-0.25, -0.2) is 4.39 Å². The van der Waals surface area contributed by atoms with Crippen molar-refractivity contribution in [1.29, 1.82) is 0 Å². The second-order valence-electron chi connectivity index (χ2n) is 7.46. The maximum atomic E-state index is 15.3. The fraction of sp³-hybridized carbons (Fsp3) is 0.273. The van der Waals surface area contributed by atoms with E-state index in [1.165, 1.54) is 11.3 Å². The number of allylic oxidation sites excluding steroid dienone is 2. The normalized spacial score (nSPS) is 14.8. The van der Waals surface area contributed by atoms with Gasteiger partial charge in [-0.1, -0.05) is 52.5 Å². The summed E-state index contributed by atoms with van der Waals surface area (Å²) < 4.78 is 21.0. The van der Waals surface area contributed by atoms with Crippen LogP contribution in [-0.4, -0.2) is 15.7 Å². The first-order chi connectivity index (χ1) is 15.8. The van der Waals surface area contributed by atoms with E-state index in [9.17, 15) is 4.79 Å². The van der Waals surface area contributed by atoms with Gasteiger partial charge in [0.1, 0.15) is 10.2 Å². The van der Waals surface area contributed by atoms with Gasteiger partial charge in [0.25, 0.3) is 0 Å². The van der Waals surface area contributed by atoms with E-state index in [1.54, 1.807) is 29.1 Å². The molecule has 1 aliphatic rings. The molecule has 1 aromatic carbocycles. The summed E-state index contributed by atoms with van der Waals surface area (Å²) >= 11 is 26.6. The molecule has 4 rings (SSSR count). The number of hydrogen-bond donors (Lipinski definition) is 1. The van der Waals surface area contributed by atoms with E-state index in [0.717, 1.165) is 45.8 Å². The van der Waals surface area contributed by atoms with E-state index in [1.807, 2.05) is 6.07 Å². The number of carbonyl (C=O) groups excluding carboxylic acids is 1. The smallest absolute Gasteiger partial charge is 0.230 e. The molecule has 2 aromatic heterocycles. The van der Waals surface area contributed by atoms with Gasteiger partial charge in [0, 0.05) is 28.5 Å². The predicted molar refractivity (Wildman–Crippen MR) is 136 cm³/mol. The quantitative estimate of drug-likeness (QED) is 0.294. The Kier molecular flexibility index (Phi) is 8.31. The second-order valence-corrected chi connectivity index (χ2v) is 11.5. The molecule has 11 heteroatoms. The Morgan fingerprint density at radius 3 is 2.70 bits per heavy atom. The molecule has 4 nitrogen and oxygen atoms in total. The van der Waals surface area contributed by atoms with Crippen molar-refractivity contribution in [2.75, 3.05) is 0 Å². The van der Waals surface area contributed by atoms with Crippen molar-refractivity contribution in [3.63, 3.8) is 0 Å². The lowest BCUT2D eigenvalue weighted by atomic mass is 9.91. The third kappa shape index (κ3) is 6.08. The summed E-state index contributed by atoms with van der Waals surface area (Å²) in [4.78, 5) is 12.2. The maximum absolute atomic E-state index is 15.3. The lowest BCUT2D eigenvalue weighted by molar-refractivity contribution is -0.119. The van der Waals surface area contributed by atoms with Crippen LogP contribution in [0.25, 0.3) is 5.57 Å². The molecule has 1 aliphatic carbocycles. The van der Waals surface area contributed by atoms with E-state index in [0.29, 0.717) is 37.9 Å². The van der Waals surface area contributed by atoms with Crippen molar-refractivity contribution in [1.82, 2.24) is 14.5 Å². The minimum Gasteiger partial charge on any atom is -0.295 e. The molecular weight excluding hydrogens is 547 g/mol. The Labute approximate surface area is 219 Å². The molecule has 0 fully saturated rings. The third-order valence-corrected chi connectivity index (χ3v) is 8.59. The molecule has 0 atom stereocenters. The highest BCUT2D eigenvalue weighted by Crippen LogP contribution is 2.37. The molecule has 33 heavy (non-hydrogen) atoms. The van der Waals surface area contributed by atoms with Crippen LogP contribution in [0.2, 0.25) is 19.4 Å². The molecule has 174 valence electrons. The van der Waals surface area contributed by atoms with Gasteiger partial charge in [0.2, 0.25) is 5.91 Å². The van der Waals surface area contributed by atoms with Crippen molar-refractivity contribution >= 4 is 81.2 Å². The summed E-state index contributed by atoms with van der Waals surface area (Å²) in [6.07, 6.45) is 4.10. The number of amides is 1. The number of fused-ring (bicyclic) bond motifs is 1. The zero-order valence-corrected chi connectivity index (χ0v) is 21.8. The highest BCUT2D eigenvalue weighted by molar-refractivity contribution is 7.99. The average molecular weight is 565 g/mol. The second kappa shape index (κ2) is 11.0. The molecule has 0 radical (unpaired) electrons. The summed E-state index contributed by atoms with van der Waals surface area (Å²) in [6, 6.07) is 6.97. The van der Waals surface area contributed by atoms with Gasteiger partial charge in [0.05, 0.1) is 27.7 Å². The molecule has 3 aromatic rings. The Morgan fingerprint density at radius 1 is 1.15 bits per heavy atom. The monoisotopic (exact) mass is 563 g/mol. The number of thiophene rings is 1. The van der Waals surface area contributed by atoms with Gasteiger partial charge in [-0.05, 0) is 60.5 Å². The summed E-state index contributed by atoms with van der Waals surface area (Å²) in [5.41, 5.74) is 3.24. The zero-order valence-electron chi connectivity index (χ0n) is 17.1. The van der Waals surface area contributed by atoms with Gasteiger partial charge < -0.3 is 0 Å². The molecule has 1 amide bonds. The van der Waals surface area contributed by atoms with Gasteiger partial charge in [-0.2, -0.15) is 5.10 Å². The topological polar surface area (TPSA) is 46.9 Å². The number of carbonyl (C=O) groups is 1. The van der Waals surface area contributed by atoms with Gasteiger partial charge in [0.15, 0.2) is 0 Å². The SMILES string of the molecule is O=C(CC/C(F)=C1\CCCc2cnn(Cc3ccc(Cl)cc3Cl)c21)NSc1cc(Cl)c(Cl)s1. The van der Waals surface area contributed by atoms with E-state index in [4.69, 9.17) is 46.4 Å². The first-order valence-electron chi connectivity index (χ1n) is 10.1. The van der Waals surface area contributed by atoms with Crippen molar-refractivity contribution in [3.8, 4) is 0 Å². The predicted octanol–water partition coefficient (Wildman–Crippen LogP) is 8.23. The first-order valence-corrected chi connectivity index (χ1v) is 13.2. The highest BCUT2D eigenvalue weighted by atomic mass is 35.5. The van der Waals surface area contributed by atoms with Gasteiger partial charge in [-0.15, -0.1) is 11.3 Å². The van der Waals surface area contributed by atoms with Crippen LogP contribution < -0.4 is 4.72 Å². The number of aromatic nitrogens is 2. The molecule has 0 spiro atoms. The molecule has 0 aliphatic heterocycles. The lowest BCUT2D eigenvalue weighted by Crippen LogP contribution is -2.15. The zero-order chi connectivity index (χ0) is 23.5. The molecule has 0 unspecified atom stereocenters. The lowest BCUT2D eigenvalue weighted by Gasteiger charge is -2.19. The number of aryl methyl sites for hydroxylation is 1. The average Bonchev–Trinajstić information content (AvgIpc) is 3.34. The molecule has 0 saturated heterocycles. The number of hydrogen-bond acceptors (Lipinski definition) is 4. The molecule has 2 heterocycles. The largest absolute Gasteiger partial charge is 0.295 e. The molecule has 0 saturated carbocycles. The van der Waals surface area contributed by atoms with Crippen molar-refractivity contribution in [2.24, 2.45) is 0 Å². The maximum Gasteiger partial charge on any atom is 0.230 e. The van der Waals surface area contributed by atoms with Gasteiger partial charge in [-0.3, -0.25) is 14.2 Å². The van der Waals surface area contributed by atoms with Crippen LogP contribution in [0.15, 0.2) is 40.5 Å². The minimum atomic E-state index is -0.290. The van der Waals surface area contributed by atoms with Crippen molar-refractivity contribution < 1.29 is 9.18 Å². The number of halogens is 5. The molecule has 1 N–H and O–H groups in total. The van der Waals surface area contributed by atoms with Crippen molar-refractivity contribution in [2.45, 2.75) is 42.9 Å². The first kappa shape index (κ1) is 24.9. The highest BCUT2D eigenvalue weighted by Gasteiger charge is 2.24. The van der Waals surface area contributed by atoms with E-state index < -0.39 is 0 Å². The van der Waals surface area contributed by atoms with Crippen LogP contribution in [0.3, 0.4) is 0 Å². The van der Waals surface area contributed by atoms with Gasteiger partial charge >= 0.3 is 0 Å². The van der Waals surface area contributed by atoms with Crippen molar-refractivity contribution in [3.05, 3.63) is 72.5 Å². The van der Waals surface area contributed by atoms with E-state index in [-0.39, 0.29) is 24.6 Å². The number of nitrogens with zero attached hydrogens (tertiary/aromatic N) is 2. The van der Waals surface area contributed by atoms with Crippen LogP contribution >= 0.6 is 69.7 Å².